The van der Waals surface area contributed by atoms with Gasteiger partial charge in [0.05, 0.1) is 4.92 Å². The molecule has 0 N–H and O–H groups in total. The minimum absolute atomic E-state index is 0.110. The lowest BCUT2D eigenvalue weighted by atomic mass is 9.73. The van der Waals surface area contributed by atoms with E-state index in [2.05, 4.69) is 6.92 Å². The van der Waals surface area contributed by atoms with E-state index < -0.39 is 0 Å². The Morgan fingerprint density at radius 3 is 2.46 bits per heavy atom. The van der Waals surface area contributed by atoms with E-state index in [4.69, 9.17) is 0 Å². The first-order valence-electron chi connectivity index (χ1n) is 4.40. The maximum absolute atomic E-state index is 10.6. The Morgan fingerprint density at radius 2 is 2.08 bits per heavy atom. The summed E-state index contributed by atoms with van der Waals surface area (Å²) in [5.74, 6) is 0.371. The number of nitrogens with zero attached hydrogens (tertiary/aromatic N) is 1. The Kier molecular flexibility index (Phi) is 2.28. The molecule has 0 aromatic rings. The fraction of sp³-hybridized carbons (Fsp3) is 0.600. The van der Waals surface area contributed by atoms with E-state index in [0.717, 1.165) is 5.57 Å². The third-order valence-electron chi connectivity index (χ3n) is 2.91. The minimum Gasteiger partial charge on any atom is -0.258 e. The number of hydrogen-bond acceptors (Lipinski definition) is 2. The van der Waals surface area contributed by atoms with Crippen molar-refractivity contribution < 1.29 is 4.92 Å². The van der Waals surface area contributed by atoms with Gasteiger partial charge in [0.2, 0.25) is 0 Å². The van der Waals surface area contributed by atoms with Crippen LogP contribution in [0.2, 0.25) is 0 Å². The van der Waals surface area contributed by atoms with Gasteiger partial charge in [0.1, 0.15) is 0 Å². The molecule has 0 aliphatic heterocycles. The van der Waals surface area contributed by atoms with Crippen molar-refractivity contribution in [3.05, 3.63) is 33.5 Å². The van der Waals surface area contributed by atoms with Gasteiger partial charge in [-0.2, -0.15) is 0 Å². The summed E-state index contributed by atoms with van der Waals surface area (Å²) in [5.41, 5.74) is 1.20. The molecule has 72 valence electrons. The van der Waals surface area contributed by atoms with Crippen LogP contribution in [-0.4, -0.2) is 4.92 Å². The third-order valence-corrected chi connectivity index (χ3v) is 2.91. The van der Waals surface area contributed by atoms with Crippen LogP contribution in [0, 0.1) is 21.4 Å². The standard InChI is InChI=1S/C10H15NO2/c1-7-5-9(11(12)13)6-10(3,4)8(7)2/h5-6,8H,1-4H3. The molecule has 0 radical (unpaired) electrons. The summed E-state index contributed by atoms with van der Waals surface area (Å²) in [7, 11) is 0. The molecule has 0 fully saturated rings. The van der Waals surface area contributed by atoms with Crippen LogP contribution in [0.1, 0.15) is 27.7 Å². The number of rotatable bonds is 1. The van der Waals surface area contributed by atoms with Gasteiger partial charge in [0.15, 0.2) is 0 Å². The lowest BCUT2D eigenvalue weighted by Gasteiger charge is -2.31. The van der Waals surface area contributed by atoms with Crippen LogP contribution in [0.25, 0.3) is 0 Å². The molecule has 0 saturated heterocycles. The molecule has 0 spiro atoms. The van der Waals surface area contributed by atoms with E-state index in [1.165, 1.54) is 0 Å². The summed E-state index contributed by atoms with van der Waals surface area (Å²) in [4.78, 5) is 10.3. The van der Waals surface area contributed by atoms with Crippen LogP contribution in [0.15, 0.2) is 23.4 Å². The van der Waals surface area contributed by atoms with Gasteiger partial charge < -0.3 is 0 Å². The van der Waals surface area contributed by atoms with Gasteiger partial charge in [0, 0.05) is 6.08 Å². The second-order valence-electron chi connectivity index (χ2n) is 4.26. The van der Waals surface area contributed by atoms with E-state index in [1.807, 2.05) is 20.8 Å². The predicted octanol–water partition coefficient (Wildman–Crippen LogP) is 2.77. The SMILES string of the molecule is CC1=CC([N+](=O)[O-])=CC(C)(C)C1C. The maximum Gasteiger partial charge on any atom is 0.265 e. The van der Waals surface area contributed by atoms with E-state index in [1.54, 1.807) is 12.2 Å². The molecule has 13 heavy (non-hydrogen) atoms. The van der Waals surface area contributed by atoms with Crippen LogP contribution >= 0.6 is 0 Å². The predicted molar refractivity (Wildman–Crippen MR) is 51.8 cm³/mol. The quantitative estimate of drug-likeness (QED) is 0.461. The Morgan fingerprint density at radius 1 is 1.54 bits per heavy atom. The highest BCUT2D eigenvalue weighted by molar-refractivity contribution is 5.28. The molecular weight excluding hydrogens is 166 g/mol. The normalized spacial score (nSPS) is 26.3. The monoisotopic (exact) mass is 181 g/mol. The lowest BCUT2D eigenvalue weighted by Crippen LogP contribution is -2.24. The molecule has 0 saturated carbocycles. The number of hydrogen-bond donors (Lipinski definition) is 0. The number of allylic oxidation sites excluding steroid dienone is 3. The first kappa shape index (κ1) is 9.96. The largest absolute Gasteiger partial charge is 0.265 e. The Bertz CT molecular complexity index is 300. The molecule has 0 bridgehead atoms. The first-order chi connectivity index (χ1) is 5.84. The Hall–Kier alpha value is -1.12. The second kappa shape index (κ2) is 2.98. The molecule has 1 aliphatic rings. The van der Waals surface area contributed by atoms with Crippen molar-refractivity contribution in [3.8, 4) is 0 Å². The molecular formula is C10H15NO2. The van der Waals surface area contributed by atoms with E-state index in [-0.39, 0.29) is 16.0 Å². The molecule has 1 rings (SSSR count). The van der Waals surface area contributed by atoms with Crippen LogP contribution in [0.4, 0.5) is 0 Å². The van der Waals surface area contributed by atoms with Crippen molar-refractivity contribution in [2.75, 3.05) is 0 Å². The second-order valence-corrected chi connectivity index (χ2v) is 4.26. The highest BCUT2D eigenvalue weighted by Gasteiger charge is 2.31. The van der Waals surface area contributed by atoms with Crippen molar-refractivity contribution in [2.24, 2.45) is 11.3 Å². The fourth-order valence-corrected chi connectivity index (χ4v) is 1.60. The van der Waals surface area contributed by atoms with Crippen molar-refractivity contribution in [3.63, 3.8) is 0 Å². The van der Waals surface area contributed by atoms with Gasteiger partial charge >= 0.3 is 0 Å². The third kappa shape index (κ3) is 1.79. The van der Waals surface area contributed by atoms with E-state index >= 15 is 0 Å². The van der Waals surface area contributed by atoms with Gasteiger partial charge in [-0.05, 0) is 24.3 Å². The van der Waals surface area contributed by atoms with Crippen molar-refractivity contribution >= 4 is 0 Å². The van der Waals surface area contributed by atoms with Crippen molar-refractivity contribution in [1.82, 2.24) is 0 Å². The molecule has 0 heterocycles. The van der Waals surface area contributed by atoms with Gasteiger partial charge in [-0.25, -0.2) is 0 Å². The van der Waals surface area contributed by atoms with E-state index in [0.29, 0.717) is 5.92 Å². The van der Waals surface area contributed by atoms with Gasteiger partial charge in [-0.3, -0.25) is 10.1 Å². The summed E-state index contributed by atoms with van der Waals surface area (Å²) < 4.78 is 0. The zero-order valence-corrected chi connectivity index (χ0v) is 8.50. The molecule has 0 amide bonds. The average molecular weight is 181 g/mol. The number of nitro groups is 1. The molecule has 3 heteroatoms. The minimum atomic E-state index is -0.322. The van der Waals surface area contributed by atoms with E-state index in [9.17, 15) is 10.1 Å². The van der Waals surface area contributed by atoms with Gasteiger partial charge in [-0.1, -0.05) is 26.3 Å². The summed E-state index contributed by atoms with van der Waals surface area (Å²) in [5, 5.41) is 10.6. The van der Waals surface area contributed by atoms with Crippen LogP contribution in [0.3, 0.4) is 0 Å². The molecule has 3 nitrogen and oxygen atoms in total. The highest BCUT2D eigenvalue weighted by Crippen LogP contribution is 2.38. The first-order valence-corrected chi connectivity index (χ1v) is 4.40. The van der Waals surface area contributed by atoms with Gasteiger partial charge in [0.25, 0.3) is 5.70 Å². The Labute approximate surface area is 78.3 Å². The summed E-state index contributed by atoms with van der Waals surface area (Å²) in [6, 6.07) is 0. The molecule has 1 atom stereocenters. The maximum atomic E-state index is 10.6. The van der Waals surface area contributed by atoms with Crippen LogP contribution in [0.5, 0.6) is 0 Å². The average Bonchev–Trinajstić information content (AvgIpc) is 1.99. The van der Waals surface area contributed by atoms with Gasteiger partial charge in [-0.15, -0.1) is 0 Å². The van der Waals surface area contributed by atoms with Crippen LogP contribution in [-0.2, 0) is 0 Å². The lowest BCUT2D eigenvalue weighted by molar-refractivity contribution is -0.420. The molecule has 1 aliphatic carbocycles. The summed E-state index contributed by atoms with van der Waals surface area (Å²) in [6.07, 6.45) is 3.40. The highest BCUT2D eigenvalue weighted by atomic mass is 16.6. The molecule has 0 aromatic carbocycles. The van der Waals surface area contributed by atoms with Crippen molar-refractivity contribution in [1.29, 1.82) is 0 Å². The molecule has 0 aromatic heterocycles. The Balaban J connectivity index is 3.11. The fourth-order valence-electron chi connectivity index (χ4n) is 1.60. The summed E-state index contributed by atoms with van der Waals surface area (Å²) in [6.45, 7) is 8.09. The molecule has 1 unspecified atom stereocenters. The van der Waals surface area contributed by atoms with Crippen molar-refractivity contribution in [2.45, 2.75) is 27.7 Å². The zero-order valence-electron chi connectivity index (χ0n) is 8.50. The van der Waals surface area contributed by atoms with Crippen LogP contribution < -0.4 is 0 Å². The topological polar surface area (TPSA) is 43.1 Å². The zero-order chi connectivity index (χ0) is 10.2. The summed E-state index contributed by atoms with van der Waals surface area (Å²) >= 11 is 0. The smallest absolute Gasteiger partial charge is 0.258 e.